The number of benzene rings is 3. The standard InChI is InChI=1S/C28H22ClN3O4/c1-17-4-3-5-19(14-17)27(34)31-24-12-6-18(15-23(24)28(35)36)26(33)25-13-11-22(16-30-25)32(2)21-9-7-20(29)8-10-21/h3-16H,1-2H3,(H,31,34)(H,35,36). The average Bonchev–Trinajstić information content (AvgIpc) is 2.88. The topological polar surface area (TPSA) is 99.6 Å². The number of ketones is 1. The van der Waals surface area contributed by atoms with Gasteiger partial charge >= 0.3 is 5.97 Å². The number of nitrogens with zero attached hydrogens (tertiary/aromatic N) is 2. The summed E-state index contributed by atoms with van der Waals surface area (Å²) in [6.07, 6.45) is 1.57. The summed E-state index contributed by atoms with van der Waals surface area (Å²) in [4.78, 5) is 43.7. The molecule has 0 saturated carbocycles. The van der Waals surface area contributed by atoms with Gasteiger partial charge < -0.3 is 15.3 Å². The fourth-order valence-corrected chi connectivity index (χ4v) is 3.76. The molecule has 2 N–H and O–H groups in total. The highest BCUT2D eigenvalue weighted by atomic mass is 35.5. The van der Waals surface area contributed by atoms with Crippen LogP contribution in [0.3, 0.4) is 0 Å². The molecule has 7 nitrogen and oxygen atoms in total. The fourth-order valence-electron chi connectivity index (χ4n) is 3.63. The van der Waals surface area contributed by atoms with E-state index in [2.05, 4.69) is 10.3 Å². The number of amides is 1. The van der Waals surface area contributed by atoms with Crippen LogP contribution in [0, 0.1) is 6.92 Å². The summed E-state index contributed by atoms with van der Waals surface area (Å²) in [7, 11) is 1.87. The van der Waals surface area contributed by atoms with Crippen molar-refractivity contribution in [2.24, 2.45) is 0 Å². The first-order valence-electron chi connectivity index (χ1n) is 11.0. The normalized spacial score (nSPS) is 10.5. The van der Waals surface area contributed by atoms with E-state index in [1.54, 1.807) is 48.7 Å². The van der Waals surface area contributed by atoms with Crippen LogP contribution in [0.25, 0.3) is 0 Å². The summed E-state index contributed by atoms with van der Waals surface area (Å²) in [6.45, 7) is 1.86. The van der Waals surface area contributed by atoms with Crippen molar-refractivity contribution in [1.82, 2.24) is 4.98 Å². The van der Waals surface area contributed by atoms with Crippen LogP contribution in [0.15, 0.2) is 85.1 Å². The minimum Gasteiger partial charge on any atom is -0.478 e. The first kappa shape index (κ1) is 24.6. The van der Waals surface area contributed by atoms with Crippen LogP contribution in [-0.2, 0) is 0 Å². The second-order valence-corrected chi connectivity index (χ2v) is 8.59. The molecule has 3 aromatic carbocycles. The number of carboxylic acids is 1. The van der Waals surface area contributed by atoms with E-state index in [0.29, 0.717) is 10.6 Å². The molecule has 36 heavy (non-hydrogen) atoms. The maximum absolute atomic E-state index is 13.0. The Kier molecular flexibility index (Phi) is 7.12. The molecule has 0 radical (unpaired) electrons. The van der Waals surface area contributed by atoms with Gasteiger partial charge in [-0.05, 0) is 73.7 Å². The largest absolute Gasteiger partial charge is 0.478 e. The molecule has 0 aliphatic rings. The zero-order valence-corrected chi connectivity index (χ0v) is 20.3. The number of carbonyl (C=O) groups excluding carboxylic acids is 2. The number of halogens is 1. The summed E-state index contributed by atoms with van der Waals surface area (Å²) in [5.41, 5.74) is 3.17. The minimum atomic E-state index is -1.27. The van der Waals surface area contributed by atoms with Crippen molar-refractivity contribution in [2.45, 2.75) is 6.92 Å². The Bertz CT molecular complexity index is 1450. The highest BCUT2D eigenvalue weighted by Crippen LogP contribution is 2.25. The molecular formula is C28H22ClN3O4. The minimum absolute atomic E-state index is 0.0958. The highest BCUT2D eigenvalue weighted by molar-refractivity contribution is 6.30. The molecular weight excluding hydrogens is 478 g/mol. The average molecular weight is 500 g/mol. The molecule has 0 spiro atoms. The van der Waals surface area contributed by atoms with Gasteiger partial charge in [-0.15, -0.1) is 0 Å². The number of pyridine rings is 1. The molecule has 0 aliphatic heterocycles. The highest BCUT2D eigenvalue weighted by Gasteiger charge is 2.19. The third kappa shape index (κ3) is 5.42. The molecule has 180 valence electrons. The summed E-state index contributed by atoms with van der Waals surface area (Å²) in [5, 5.41) is 13.0. The van der Waals surface area contributed by atoms with Crippen LogP contribution in [0.5, 0.6) is 0 Å². The Labute approximate surface area is 213 Å². The van der Waals surface area contributed by atoms with Gasteiger partial charge in [-0.3, -0.25) is 14.6 Å². The van der Waals surface area contributed by atoms with Crippen molar-refractivity contribution < 1.29 is 19.5 Å². The fraction of sp³-hybridized carbons (Fsp3) is 0.0714. The second kappa shape index (κ2) is 10.4. The lowest BCUT2D eigenvalue weighted by atomic mass is 10.0. The number of aryl methyl sites for hydroxylation is 1. The van der Waals surface area contributed by atoms with Gasteiger partial charge in [0, 0.05) is 28.9 Å². The van der Waals surface area contributed by atoms with Crippen molar-refractivity contribution in [3.63, 3.8) is 0 Å². The van der Waals surface area contributed by atoms with Crippen molar-refractivity contribution in [1.29, 1.82) is 0 Å². The molecule has 4 rings (SSSR count). The van der Waals surface area contributed by atoms with Crippen LogP contribution in [-0.4, -0.2) is 34.8 Å². The van der Waals surface area contributed by atoms with E-state index in [1.165, 1.54) is 18.2 Å². The molecule has 1 aromatic heterocycles. The zero-order chi connectivity index (χ0) is 25.8. The molecule has 1 amide bonds. The van der Waals surface area contributed by atoms with Crippen LogP contribution < -0.4 is 10.2 Å². The molecule has 1 heterocycles. The van der Waals surface area contributed by atoms with Crippen LogP contribution in [0.2, 0.25) is 5.02 Å². The Hall–Kier alpha value is -4.49. The van der Waals surface area contributed by atoms with Gasteiger partial charge in [0.05, 0.1) is 23.1 Å². The Morgan fingerprint density at radius 2 is 1.61 bits per heavy atom. The lowest BCUT2D eigenvalue weighted by Crippen LogP contribution is -2.16. The van der Waals surface area contributed by atoms with Gasteiger partial charge in [-0.2, -0.15) is 0 Å². The lowest BCUT2D eigenvalue weighted by Gasteiger charge is -2.19. The molecule has 0 saturated heterocycles. The van der Waals surface area contributed by atoms with E-state index in [9.17, 15) is 19.5 Å². The Morgan fingerprint density at radius 1 is 0.889 bits per heavy atom. The monoisotopic (exact) mass is 499 g/mol. The van der Waals surface area contributed by atoms with Crippen LogP contribution in [0.1, 0.15) is 42.3 Å². The Morgan fingerprint density at radius 3 is 2.25 bits per heavy atom. The van der Waals surface area contributed by atoms with Gasteiger partial charge in [-0.1, -0.05) is 29.3 Å². The maximum atomic E-state index is 13.0. The number of aromatic nitrogens is 1. The lowest BCUT2D eigenvalue weighted by molar-refractivity contribution is 0.0698. The second-order valence-electron chi connectivity index (χ2n) is 8.16. The smallest absolute Gasteiger partial charge is 0.337 e. The molecule has 8 heteroatoms. The predicted octanol–water partition coefficient (Wildman–Crippen LogP) is 5.99. The molecule has 4 aromatic rings. The number of carbonyl (C=O) groups is 3. The van der Waals surface area contributed by atoms with Crippen LogP contribution >= 0.6 is 11.6 Å². The van der Waals surface area contributed by atoms with Crippen molar-refractivity contribution in [3.05, 3.63) is 118 Å². The van der Waals surface area contributed by atoms with Crippen LogP contribution in [0.4, 0.5) is 17.1 Å². The van der Waals surface area contributed by atoms with Gasteiger partial charge in [0.15, 0.2) is 0 Å². The number of hydrogen-bond acceptors (Lipinski definition) is 5. The first-order valence-corrected chi connectivity index (χ1v) is 11.4. The third-order valence-electron chi connectivity index (χ3n) is 5.62. The number of hydrogen-bond donors (Lipinski definition) is 2. The number of anilines is 3. The van der Waals surface area contributed by atoms with E-state index in [1.807, 2.05) is 37.1 Å². The number of rotatable bonds is 7. The maximum Gasteiger partial charge on any atom is 0.337 e. The van der Waals surface area contributed by atoms with E-state index in [-0.39, 0.29) is 22.5 Å². The van der Waals surface area contributed by atoms with E-state index < -0.39 is 17.7 Å². The molecule has 0 aliphatic carbocycles. The molecule has 0 bridgehead atoms. The first-order chi connectivity index (χ1) is 17.2. The summed E-state index contributed by atoms with van der Waals surface area (Å²) >= 11 is 5.95. The number of carboxylic acid groups (broad SMARTS) is 1. The number of nitrogens with one attached hydrogen (secondary N) is 1. The third-order valence-corrected chi connectivity index (χ3v) is 5.87. The molecule has 0 atom stereocenters. The van der Waals surface area contributed by atoms with Crippen molar-refractivity contribution in [3.8, 4) is 0 Å². The van der Waals surface area contributed by atoms with E-state index in [0.717, 1.165) is 16.9 Å². The summed E-state index contributed by atoms with van der Waals surface area (Å²) in [5.74, 6) is -2.14. The van der Waals surface area contributed by atoms with E-state index >= 15 is 0 Å². The SMILES string of the molecule is Cc1cccc(C(=O)Nc2ccc(C(=O)c3ccc(N(C)c4ccc(Cl)cc4)cn3)cc2C(=O)O)c1. The van der Waals surface area contributed by atoms with E-state index in [4.69, 9.17) is 11.6 Å². The van der Waals surface area contributed by atoms with Gasteiger partial charge in [0.25, 0.3) is 5.91 Å². The van der Waals surface area contributed by atoms with Gasteiger partial charge in [-0.25, -0.2) is 4.79 Å². The van der Waals surface area contributed by atoms with Crippen molar-refractivity contribution >= 4 is 46.3 Å². The zero-order valence-electron chi connectivity index (χ0n) is 19.5. The van der Waals surface area contributed by atoms with Gasteiger partial charge in [0.1, 0.15) is 5.69 Å². The Balaban J connectivity index is 1.55. The summed E-state index contributed by atoms with van der Waals surface area (Å²) < 4.78 is 0. The van der Waals surface area contributed by atoms with Crippen molar-refractivity contribution in [2.75, 3.05) is 17.3 Å². The van der Waals surface area contributed by atoms with Gasteiger partial charge in [0.2, 0.25) is 5.78 Å². The summed E-state index contributed by atoms with van der Waals surface area (Å²) in [6, 6.07) is 21.7. The molecule has 0 unspecified atom stereocenters. The predicted molar refractivity (Wildman–Crippen MR) is 140 cm³/mol. The number of aromatic carboxylic acids is 1. The molecule has 0 fully saturated rings. The quantitative estimate of drug-likeness (QED) is 0.303.